The van der Waals surface area contributed by atoms with Crippen LogP contribution in [0.5, 0.6) is 11.5 Å². The highest BCUT2D eigenvalue weighted by molar-refractivity contribution is 5.61. The maximum atomic E-state index is 5.60. The lowest BCUT2D eigenvalue weighted by atomic mass is 10.2. The normalized spacial score (nSPS) is 14.4. The van der Waals surface area contributed by atoms with E-state index < -0.39 is 0 Å². The third-order valence-electron chi connectivity index (χ3n) is 2.52. The number of rotatable bonds is 1. The number of fused-ring (bicyclic) bond motifs is 1. The molecule has 1 aliphatic rings. The largest absolute Gasteiger partial charge is 0.490 e. The maximum Gasteiger partial charge on any atom is 0.239 e. The SMILES string of the molecule is Nc1n[nH]c(-c2ccc3c(c2)OCCCO3)n1. The van der Waals surface area contributed by atoms with Crippen molar-refractivity contribution >= 4 is 5.95 Å². The van der Waals surface area contributed by atoms with Crippen molar-refractivity contribution in [3.05, 3.63) is 18.2 Å². The molecule has 0 atom stereocenters. The average Bonchev–Trinajstić information content (AvgIpc) is 2.64. The fraction of sp³-hybridized carbons (Fsp3) is 0.273. The summed E-state index contributed by atoms with van der Waals surface area (Å²) in [5.74, 6) is 2.35. The minimum Gasteiger partial charge on any atom is -0.490 e. The summed E-state index contributed by atoms with van der Waals surface area (Å²) in [6.45, 7) is 1.34. The molecule has 0 saturated carbocycles. The standard InChI is InChI=1S/C11H12N4O2/c12-11-13-10(14-15-11)7-2-3-8-9(6-7)17-5-1-4-16-8/h2-3,6H,1,4-5H2,(H3,12,13,14,15). The van der Waals surface area contributed by atoms with Crippen LogP contribution in [0.4, 0.5) is 5.95 Å². The first-order chi connectivity index (χ1) is 8.33. The molecule has 0 aliphatic carbocycles. The molecule has 6 nitrogen and oxygen atoms in total. The van der Waals surface area contributed by atoms with Gasteiger partial charge in [-0.1, -0.05) is 0 Å². The van der Waals surface area contributed by atoms with Crippen molar-refractivity contribution in [2.75, 3.05) is 18.9 Å². The molecule has 0 radical (unpaired) electrons. The first kappa shape index (κ1) is 9.95. The van der Waals surface area contributed by atoms with Crippen LogP contribution in [0.2, 0.25) is 0 Å². The molecular weight excluding hydrogens is 220 g/mol. The van der Waals surface area contributed by atoms with Crippen LogP contribution in [-0.2, 0) is 0 Å². The third-order valence-corrected chi connectivity index (χ3v) is 2.52. The molecule has 0 fully saturated rings. The Labute approximate surface area is 97.8 Å². The van der Waals surface area contributed by atoms with E-state index in [4.69, 9.17) is 15.2 Å². The van der Waals surface area contributed by atoms with Gasteiger partial charge in [0.1, 0.15) is 0 Å². The van der Waals surface area contributed by atoms with Crippen molar-refractivity contribution < 1.29 is 9.47 Å². The Morgan fingerprint density at radius 3 is 2.76 bits per heavy atom. The molecule has 0 amide bonds. The molecule has 6 heteroatoms. The van der Waals surface area contributed by atoms with Gasteiger partial charge in [0.15, 0.2) is 17.3 Å². The Morgan fingerprint density at radius 1 is 1.18 bits per heavy atom. The van der Waals surface area contributed by atoms with E-state index in [9.17, 15) is 0 Å². The van der Waals surface area contributed by atoms with Gasteiger partial charge in [0.25, 0.3) is 0 Å². The number of nitrogens with zero attached hydrogens (tertiary/aromatic N) is 2. The zero-order valence-corrected chi connectivity index (χ0v) is 9.14. The van der Waals surface area contributed by atoms with Crippen molar-refractivity contribution in [1.29, 1.82) is 0 Å². The summed E-state index contributed by atoms with van der Waals surface area (Å²) in [4.78, 5) is 4.07. The number of aromatic nitrogens is 3. The van der Waals surface area contributed by atoms with E-state index in [1.165, 1.54) is 0 Å². The summed E-state index contributed by atoms with van der Waals surface area (Å²) in [6.07, 6.45) is 0.888. The number of hydrogen-bond acceptors (Lipinski definition) is 5. The number of benzene rings is 1. The van der Waals surface area contributed by atoms with Crippen LogP contribution >= 0.6 is 0 Å². The van der Waals surface area contributed by atoms with Crippen molar-refractivity contribution in [2.45, 2.75) is 6.42 Å². The van der Waals surface area contributed by atoms with Gasteiger partial charge in [-0.15, -0.1) is 5.10 Å². The fourth-order valence-electron chi connectivity index (χ4n) is 1.71. The van der Waals surface area contributed by atoms with E-state index in [2.05, 4.69) is 15.2 Å². The van der Waals surface area contributed by atoms with Crippen LogP contribution in [0.15, 0.2) is 18.2 Å². The minimum absolute atomic E-state index is 0.229. The highest BCUT2D eigenvalue weighted by atomic mass is 16.5. The van der Waals surface area contributed by atoms with Crippen LogP contribution in [0.1, 0.15) is 6.42 Å². The van der Waals surface area contributed by atoms with Gasteiger partial charge < -0.3 is 15.2 Å². The number of aromatic amines is 1. The van der Waals surface area contributed by atoms with Crippen LogP contribution in [0, 0.1) is 0 Å². The molecule has 0 unspecified atom stereocenters. The third kappa shape index (κ3) is 1.89. The predicted octanol–water partition coefficient (Wildman–Crippen LogP) is 1.22. The molecule has 0 saturated heterocycles. The molecule has 2 heterocycles. The predicted molar refractivity (Wildman–Crippen MR) is 61.8 cm³/mol. The Morgan fingerprint density at radius 2 is 2.00 bits per heavy atom. The van der Waals surface area contributed by atoms with Gasteiger partial charge in [-0.2, -0.15) is 4.98 Å². The number of nitrogens with two attached hydrogens (primary N) is 1. The smallest absolute Gasteiger partial charge is 0.239 e. The minimum atomic E-state index is 0.229. The molecule has 3 N–H and O–H groups in total. The van der Waals surface area contributed by atoms with Crippen molar-refractivity contribution in [2.24, 2.45) is 0 Å². The summed E-state index contributed by atoms with van der Waals surface area (Å²) >= 11 is 0. The Hall–Kier alpha value is -2.24. The number of hydrogen-bond donors (Lipinski definition) is 2. The van der Waals surface area contributed by atoms with Gasteiger partial charge in [-0.25, -0.2) is 0 Å². The van der Waals surface area contributed by atoms with E-state index in [0.29, 0.717) is 19.0 Å². The Bertz CT molecular complexity index is 538. The van der Waals surface area contributed by atoms with E-state index in [1.54, 1.807) is 0 Å². The van der Waals surface area contributed by atoms with E-state index >= 15 is 0 Å². The second kappa shape index (κ2) is 3.97. The second-order valence-electron chi connectivity index (χ2n) is 3.75. The number of anilines is 1. The van der Waals surface area contributed by atoms with Gasteiger partial charge >= 0.3 is 0 Å². The summed E-state index contributed by atoms with van der Waals surface area (Å²) in [5.41, 5.74) is 6.34. The summed E-state index contributed by atoms with van der Waals surface area (Å²) in [7, 11) is 0. The summed E-state index contributed by atoms with van der Waals surface area (Å²) < 4.78 is 11.1. The Kier molecular flexibility index (Phi) is 2.32. The Balaban J connectivity index is 2.00. The summed E-state index contributed by atoms with van der Waals surface area (Å²) in [6, 6.07) is 5.64. The van der Waals surface area contributed by atoms with Crippen molar-refractivity contribution in [3.63, 3.8) is 0 Å². The van der Waals surface area contributed by atoms with E-state index in [1.807, 2.05) is 18.2 Å². The lowest BCUT2D eigenvalue weighted by Gasteiger charge is -2.07. The first-order valence-corrected chi connectivity index (χ1v) is 5.41. The zero-order chi connectivity index (χ0) is 11.7. The average molecular weight is 232 g/mol. The topological polar surface area (TPSA) is 86.0 Å². The zero-order valence-electron chi connectivity index (χ0n) is 9.14. The molecule has 1 aliphatic heterocycles. The maximum absolute atomic E-state index is 5.60. The molecule has 3 rings (SSSR count). The summed E-state index contributed by atoms with van der Waals surface area (Å²) in [5, 5.41) is 6.55. The van der Waals surface area contributed by atoms with Crippen LogP contribution < -0.4 is 15.2 Å². The van der Waals surface area contributed by atoms with Crippen LogP contribution in [0.25, 0.3) is 11.4 Å². The lowest BCUT2D eigenvalue weighted by Crippen LogP contribution is -1.97. The lowest BCUT2D eigenvalue weighted by molar-refractivity contribution is 0.297. The fourth-order valence-corrected chi connectivity index (χ4v) is 1.71. The molecule has 0 spiro atoms. The van der Waals surface area contributed by atoms with Gasteiger partial charge in [0.05, 0.1) is 13.2 Å². The van der Waals surface area contributed by atoms with Crippen LogP contribution in [-0.4, -0.2) is 28.4 Å². The number of nitrogens with one attached hydrogen (secondary N) is 1. The highest BCUT2D eigenvalue weighted by Gasteiger charge is 2.12. The monoisotopic (exact) mass is 232 g/mol. The molecule has 2 aromatic rings. The van der Waals surface area contributed by atoms with Gasteiger partial charge in [-0.05, 0) is 18.2 Å². The number of nitrogen functional groups attached to an aromatic ring is 1. The van der Waals surface area contributed by atoms with Gasteiger partial charge in [0, 0.05) is 12.0 Å². The molecule has 0 bridgehead atoms. The van der Waals surface area contributed by atoms with Crippen LogP contribution in [0.3, 0.4) is 0 Å². The first-order valence-electron chi connectivity index (χ1n) is 5.41. The molecular formula is C11H12N4O2. The molecule has 1 aromatic carbocycles. The molecule has 88 valence electrons. The van der Waals surface area contributed by atoms with Gasteiger partial charge in [-0.3, -0.25) is 5.10 Å². The van der Waals surface area contributed by atoms with Gasteiger partial charge in [0.2, 0.25) is 5.95 Å². The molecule has 17 heavy (non-hydrogen) atoms. The van der Waals surface area contributed by atoms with E-state index in [-0.39, 0.29) is 5.95 Å². The number of ether oxygens (including phenoxy) is 2. The highest BCUT2D eigenvalue weighted by Crippen LogP contribution is 2.33. The van der Waals surface area contributed by atoms with Crippen molar-refractivity contribution in [3.8, 4) is 22.9 Å². The van der Waals surface area contributed by atoms with Crippen molar-refractivity contribution in [1.82, 2.24) is 15.2 Å². The quantitative estimate of drug-likeness (QED) is 0.771. The van der Waals surface area contributed by atoms with E-state index in [0.717, 1.165) is 23.5 Å². The molecule has 1 aromatic heterocycles. The second-order valence-corrected chi connectivity index (χ2v) is 3.75. The number of H-pyrrole nitrogens is 1.